The zero-order valence-corrected chi connectivity index (χ0v) is 16.9. The van der Waals surface area contributed by atoms with Gasteiger partial charge in [0.25, 0.3) is 5.56 Å². The Kier molecular flexibility index (Phi) is 5.37. The summed E-state index contributed by atoms with van der Waals surface area (Å²) in [5, 5.41) is 11.1. The maximum atomic E-state index is 13.0. The molecule has 0 aliphatic heterocycles. The lowest BCUT2D eigenvalue weighted by atomic mass is 9.89. The van der Waals surface area contributed by atoms with Crippen LogP contribution in [0.15, 0.2) is 35.4 Å². The van der Waals surface area contributed by atoms with Gasteiger partial charge in [-0.25, -0.2) is 4.98 Å². The van der Waals surface area contributed by atoms with Crippen molar-refractivity contribution in [3.8, 4) is 11.5 Å². The van der Waals surface area contributed by atoms with E-state index in [0.717, 1.165) is 40.8 Å². The topological polar surface area (TPSA) is 73.6 Å². The molecular formula is C21H24N2O4S. The monoisotopic (exact) mass is 400 g/mol. The molecule has 6 nitrogen and oxygen atoms in total. The number of methoxy groups -OCH3 is 1. The summed E-state index contributed by atoms with van der Waals surface area (Å²) in [5.74, 6) is 2.04. The third kappa shape index (κ3) is 3.77. The van der Waals surface area contributed by atoms with Gasteiger partial charge in [-0.05, 0) is 55.0 Å². The van der Waals surface area contributed by atoms with Crippen LogP contribution >= 0.6 is 11.3 Å². The molecule has 1 aromatic carbocycles. The van der Waals surface area contributed by atoms with Crippen molar-refractivity contribution in [3.63, 3.8) is 0 Å². The molecule has 0 amide bonds. The number of hydrogen-bond acceptors (Lipinski definition) is 6. The fourth-order valence-corrected chi connectivity index (χ4v) is 4.98. The summed E-state index contributed by atoms with van der Waals surface area (Å²) in [7, 11) is 1.60. The van der Waals surface area contributed by atoms with Gasteiger partial charge >= 0.3 is 0 Å². The normalized spacial score (nSPS) is 17.3. The van der Waals surface area contributed by atoms with E-state index < -0.39 is 6.10 Å². The summed E-state index contributed by atoms with van der Waals surface area (Å²) in [5.41, 5.74) is 1.09. The van der Waals surface area contributed by atoms with E-state index in [9.17, 15) is 9.90 Å². The van der Waals surface area contributed by atoms with Crippen molar-refractivity contribution in [3.05, 3.63) is 51.4 Å². The summed E-state index contributed by atoms with van der Waals surface area (Å²) >= 11 is 1.63. The summed E-state index contributed by atoms with van der Waals surface area (Å²) in [6, 6.07) is 7.16. The number of aliphatic hydroxyl groups excluding tert-OH is 1. The standard InChI is InChI=1S/C21H24N2O4S/c1-13-3-8-17-18(9-13)28-20-19(17)21(25)23(12-22-20)10-14(24)11-27-16-6-4-15(26-2)5-7-16/h4-7,12-14,24H,3,8-11H2,1-2H3/t13-,14+/m0/s1. The van der Waals surface area contributed by atoms with E-state index in [4.69, 9.17) is 9.47 Å². The van der Waals surface area contributed by atoms with Gasteiger partial charge in [0, 0.05) is 4.88 Å². The van der Waals surface area contributed by atoms with Crippen LogP contribution in [0.5, 0.6) is 11.5 Å². The molecule has 2 aromatic heterocycles. The highest BCUT2D eigenvalue weighted by molar-refractivity contribution is 7.18. The van der Waals surface area contributed by atoms with Gasteiger partial charge in [-0.15, -0.1) is 11.3 Å². The number of hydrogen-bond donors (Lipinski definition) is 1. The van der Waals surface area contributed by atoms with E-state index in [-0.39, 0.29) is 18.7 Å². The molecule has 0 unspecified atom stereocenters. The lowest BCUT2D eigenvalue weighted by Gasteiger charge is -2.17. The fraction of sp³-hybridized carbons (Fsp3) is 0.429. The number of fused-ring (bicyclic) bond motifs is 3. The molecule has 0 radical (unpaired) electrons. The smallest absolute Gasteiger partial charge is 0.262 e. The average molecular weight is 401 g/mol. The molecule has 148 valence electrons. The first-order chi connectivity index (χ1) is 13.5. The summed E-state index contributed by atoms with van der Waals surface area (Å²) in [4.78, 5) is 19.6. The van der Waals surface area contributed by atoms with E-state index in [2.05, 4.69) is 11.9 Å². The van der Waals surface area contributed by atoms with Crippen molar-refractivity contribution in [2.75, 3.05) is 13.7 Å². The second-order valence-corrected chi connectivity index (χ2v) is 8.46. The molecule has 28 heavy (non-hydrogen) atoms. The highest BCUT2D eigenvalue weighted by Crippen LogP contribution is 2.35. The second-order valence-electron chi connectivity index (χ2n) is 7.37. The Bertz CT molecular complexity index is 1030. The van der Waals surface area contributed by atoms with Gasteiger partial charge in [0.2, 0.25) is 0 Å². The van der Waals surface area contributed by atoms with Crippen LogP contribution < -0.4 is 15.0 Å². The van der Waals surface area contributed by atoms with Gasteiger partial charge in [-0.2, -0.15) is 0 Å². The van der Waals surface area contributed by atoms with Crippen LogP contribution in [0.4, 0.5) is 0 Å². The fourth-order valence-electron chi connectivity index (χ4n) is 3.64. The molecule has 1 aliphatic carbocycles. The largest absolute Gasteiger partial charge is 0.497 e. The maximum absolute atomic E-state index is 13.0. The molecule has 0 saturated carbocycles. The van der Waals surface area contributed by atoms with E-state index in [1.165, 1.54) is 15.8 Å². The minimum Gasteiger partial charge on any atom is -0.497 e. The van der Waals surface area contributed by atoms with Gasteiger partial charge in [-0.1, -0.05) is 6.92 Å². The van der Waals surface area contributed by atoms with Gasteiger partial charge in [0.1, 0.15) is 29.0 Å². The number of thiophene rings is 1. The van der Waals surface area contributed by atoms with E-state index in [1.54, 1.807) is 42.7 Å². The minimum absolute atomic E-state index is 0.0689. The van der Waals surface area contributed by atoms with Crippen molar-refractivity contribution in [2.24, 2.45) is 5.92 Å². The van der Waals surface area contributed by atoms with Crippen LogP contribution in [0.3, 0.4) is 0 Å². The lowest BCUT2D eigenvalue weighted by molar-refractivity contribution is 0.0914. The SMILES string of the molecule is COc1ccc(OC[C@H](O)Cn2cnc3sc4c(c3c2=O)CC[C@H](C)C4)cc1. The Labute approximate surface area is 167 Å². The third-order valence-electron chi connectivity index (χ3n) is 5.19. The molecule has 7 heteroatoms. The molecule has 1 aliphatic rings. The number of aliphatic hydroxyl groups is 1. The van der Waals surface area contributed by atoms with Crippen LogP contribution in [0.2, 0.25) is 0 Å². The molecule has 2 atom stereocenters. The van der Waals surface area contributed by atoms with E-state index in [1.807, 2.05) is 0 Å². The highest BCUT2D eigenvalue weighted by Gasteiger charge is 2.23. The van der Waals surface area contributed by atoms with Crippen molar-refractivity contribution in [1.29, 1.82) is 0 Å². The van der Waals surface area contributed by atoms with Gasteiger partial charge in [-0.3, -0.25) is 9.36 Å². The number of nitrogens with zero attached hydrogens (tertiary/aromatic N) is 2. The first-order valence-electron chi connectivity index (χ1n) is 9.49. The highest BCUT2D eigenvalue weighted by atomic mass is 32.1. The molecule has 0 saturated heterocycles. The number of aryl methyl sites for hydroxylation is 1. The summed E-state index contributed by atoms with van der Waals surface area (Å²) in [6.45, 7) is 2.49. The quantitative estimate of drug-likeness (QED) is 0.689. The van der Waals surface area contributed by atoms with E-state index in [0.29, 0.717) is 11.7 Å². The third-order valence-corrected chi connectivity index (χ3v) is 6.35. The molecule has 4 rings (SSSR count). The first-order valence-corrected chi connectivity index (χ1v) is 10.3. The molecule has 0 bridgehead atoms. The van der Waals surface area contributed by atoms with Crippen molar-refractivity contribution < 1.29 is 14.6 Å². The summed E-state index contributed by atoms with van der Waals surface area (Å²) in [6.07, 6.45) is 3.78. The molecular weight excluding hydrogens is 376 g/mol. The Morgan fingerprint density at radius 3 is 2.82 bits per heavy atom. The minimum atomic E-state index is -0.812. The predicted octanol–water partition coefficient (Wildman–Crippen LogP) is 3.03. The second kappa shape index (κ2) is 7.93. The Morgan fingerprint density at radius 1 is 1.32 bits per heavy atom. The Morgan fingerprint density at radius 2 is 2.07 bits per heavy atom. The predicted molar refractivity (Wildman–Crippen MR) is 110 cm³/mol. The average Bonchev–Trinajstić information content (AvgIpc) is 3.07. The zero-order chi connectivity index (χ0) is 19.7. The van der Waals surface area contributed by atoms with Crippen LogP contribution in [0.25, 0.3) is 10.2 Å². The van der Waals surface area contributed by atoms with Gasteiger partial charge in [0.15, 0.2) is 0 Å². The summed E-state index contributed by atoms with van der Waals surface area (Å²) < 4.78 is 12.2. The van der Waals surface area contributed by atoms with Crippen molar-refractivity contribution in [2.45, 2.75) is 38.8 Å². The van der Waals surface area contributed by atoms with Crippen molar-refractivity contribution in [1.82, 2.24) is 9.55 Å². The van der Waals surface area contributed by atoms with Gasteiger partial charge < -0.3 is 14.6 Å². The molecule has 3 aromatic rings. The van der Waals surface area contributed by atoms with Gasteiger partial charge in [0.05, 0.1) is 25.4 Å². The van der Waals surface area contributed by atoms with Crippen LogP contribution in [0, 0.1) is 5.92 Å². The number of aromatic nitrogens is 2. The van der Waals surface area contributed by atoms with Crippen LogP contribution in [-0.4, -0.2) is 34.5 Å². The molecule has 0 fully saturated rings. The molecule has 2 heterocycles. The molecule has 0 spiro atoms. The number of ether oxygens (including phenoxy) is 2. The molecule has 1 N–H and O–H groups in total. The lowest BCUT2D eigenvalue weighted by Crippen LogP contribution is -2.30. The Balaban J connectivity index is 1.48. The van der Waals surface area contributed by atoms with Crippen molar-refractivity contribution >= 4 is 21.6 Å². The van der Waals surface area contributed by atoms with E-state index >= 15 is 0 Å². The number of rotatable bonds is 6. The number of benzene rings is 1. The maximum Gasteiger partial charge on any atom is 0.262 e. The van der Waals surface area contributed by atoms with Crippen LogP contribution in [0.1, 0.15) is 23.8 Å². The zero-order valence-electron chi connectivity index (χ0n) is 16.1. The Hall–Kier alpha value is -2.38. The first kappa shape index (κ1) is 19.0. The van der Waals surface area contributed by atoms with Crippen LogP contribution in [-0.2, 0) is 19.4 Å².